The molecule has 0 aliphatic rings. The minimum atomic E-state index is -0.403. The van der Waals surface area contributed by atoms with Gasteiger partial charge < -0.3 is 41.5 Å². The van der Waals surface area contributed by atoms with Crippen LogP contribution in [0, 0.1) is 51.5 Å². The summed E-state index contributed by atoms with van der Waals surface area (Å²) in [6.07, 6.45) is 0. The normalized spacial score (nSPS) is 5.64. The first-order valence-corrected chi connectivity index (χ1v) is 10.4. The molecule has 0 saturated heterocycles. The minimum absolute atomic E-state index is 0. The van der Waals surface area contributed by atoms with Crippen molar-refractivity contribution in [2.75, 3.05) is 6.61 Å². The van der Waals surface area contributed by atoms with Crippen molar-refractivity contribution in [3.05, 3.63) is 51.5 Å². The van der Waals surface area contributed by atoms with Crippen LogP contribution in [0.25, 0.3) is 0 Å². The topological polar surface area (TPSA) is 123 Å². The van der Waals surface area contributed by atoms with Gasteiger partial charge in [-0.05, 0) is 48.5 Å². The van der Waals surface area contributed by atoms with Crippen LogP contribution in [0.2, 0.25) is 0 Å². The van der Waals surface area contributed by atoms with Crippen molar-refractivity contribution in [1.82, 2.24) is 0 Å². The van der Waals surface area contributed by atoms with E-state index in [1.54, 1.807) is 90.0 Å². The van der Waals surface area contributed by atoms with Gasteiger partial charge in [-0.3, -0.25) is 15.8 Å². The molecule has 0 heterocycles. The summed E-state index contributed by atoms with van der Waals surface area (Å²) in [7, 11) is 0. The number of hydrogen-bond donors (Lipinski definition) is 3. The van der Waals surface area contributed by atoms with Crippen molar-refractivity contribution in [3.8, 4) is 0 Å². The second kappa shape index (κ2) is 189. The van der Waals surface area contributed by atoms with E-state index in [1.807, 2.05) is 13.8 Å². The molecule has 0 aliphatic heterocycles. The molecule has 0 amide bonds. The molecule has 0 unspecified atom stereocenters. The van der Waals surface area contributed by atoms with Gasteiger partial charge in [-0.15, -0.1) is 0 Å². The molecule has 39 heavy (non-hydrogen) atoms. The average molecular weight is 788 g/mol. The molecule has 240 valence electrons. The Labute approximate surface area is 301 Å². The summed E-state index contributed by atoms with van der Waals surface area (Å²) < 4.78 is 0. The maximum absolute atomic E-state index is 7.90. The first-order chi connectivity index (χ1) is 15.0. The smallest absolute Gasteiger partial charge is 0.346 e. The van der Waals surface area contributed by atoms with Gasteiger partial charge in [0.2, 0.25) is 0 Å². The fourth-order valence-corrected chi connectivity index (χ4v) is 0. The predicted octanol–water partition coefficient (Wildman–Crippen LogP) is 11.1. The molecule has 0 aliphatic carbocycles. The van der Waals surface area contributed by atoms with Crippen molar-refractivity contribution < 1.29 is 108 Å². The Morgan fingerprint density at radius 3 is 0.564 bits per heavy atom. The number of rotatable bonds is 1. The Hall–Kier alpha value is 1.85. The molecule has 0 rings (SSSR count). The fourth-order valence-electron chi connectivity index (χ4n) is 0. The summed E-state index contributed by atoms with van der Waals surface area (Å²) in [5.74, 6) is 0. The van der Waals surface area contributed by atoms with E-state index in [2.05, 4.69) is 56.2 Å². The SMILES string of the molecule is C.C.C.CC.CC(C)(C)OO.CC(C)(C)OO.CCOO.O=O.[CH2-]C.[CH2-]C.[CH2-]C.[CH2-]C.[CH2-]C.[CH2-]C.[Zn+2].[Zn+2].[Zn].[Zn]. The van der Waals surface area contributed by atoms with Gasteiger partial charge in [0.05, 0.1) is 17.8 Å². The zero-order valence-corrected chi connectivity index (χ0v) is 39.0. The third-order valence-electron chi connectivity index (χ3n) is 0.677. The van der Waals surface area contributed by atoms with Crippen LogP contribution in [0.1, 0.15) is 126 Å². The second-order valence-corrected chi connectivity index (χ2v) is 4.83. The molecule has 0 radical (unpaired) electrons. The van der Waals surface area contributed by atoms with Gasteiger partial charge >= 0.3 is 39.0 Å². The first kappa shape index (κ1) is 124. The van der Waals surface area contributed by atoms with E-state index in [0.717, 1.165) is 0 Å². The standard InChI is InChI=1S/2C4H10O2.C2H6O2.C2H6.6C2H5.3CH4.O2.4Zn/c2*1-4(2,3)6-5;1-2-4-3;7*1-2;;;;1-2;;;;/h2*5H,1-3H3;3H,2H2,1H3;1-2H3;6*1H2,2H3;3*1H4;;;;;/q;;;;6*-1;;;;;;;2*+2. The van der Waals surface area contributed by atoms with Crippen LogP contribution in [-0.4, -0.2) is 33.6 Å². The molecule has 0 aromatic carbocycles. The third-order valence-corrected chi connectivity index (χ3v) is 0.677. The summed E-state index contributed by atoms with van der Waals surface area (Å²) in [4.78, 5) is 25.4. The summed E-state index contributed by atoms with van der Waals surface area (Å²) in [6, 6.07) is 0. The molecule has 0 saturated carbocycles. The van der Waals surface area contributed by atoms with Gasteiger partial charge in [0.25, 0.3) is 0 Å². The van der Waals surface area contributed by atoms with E-state index >= 15 is 0 Å². The maximum atomic E-state index is 7.90. The van der Waals surface area contributed by atoms with Gasteiger partial charge in [0.1, 0.15) is 0 Å². The predicted molar refractivity (Wildman–Crippen MR) is 166 cm³/mol. The van der Waals surface area contributed by atoms with Crippen LogP contribution in [-0.2, 0) is 92.6 Å². The second-order valence-electron chi connectivity index (χ2n) is 4.83. The van der Waals surface area contributed by atoms with E-state index in [4.69, 9.17) is 25.7 Å². The largest absolute Gasteiger partial charge is 2.00 e. The van der Waals surface area contributed by atoms with Gasteiger partial charge in [0.15, 0.2) is 0 Å². The van der Waals surface area contributed by atoms with Gasteiger partial charge in [-0.2, -0.15) is 41.5 Å². The molecule has 0 spiro atoms. The Morgan fingerprint density at radius 2 is 0.564 bits per heavy atom. The Morgan fingerprint density at radius 1 is 0.513 bits per heavy atom. The maximum Gasteiger partial charge on any atom is 2.00 e. The molecule has 3 N–H and O–H groups in total. The number of hydrogen-bond acceptors (Lipinski definition) is 8. The molecule has 0 bridgehead atoms. The quantitative estimate of drug-likeness (QED) is 0.104. The van der Waals surface area contributed by atoms with Crippen molar-refractivity contribution >= 4 is 0 Å². The zero-order chi connectivity index (χ0) is 29.8. The van der Waals surface area contributed by atoms with E-state index in [1.165, 1.54) is 0 Å². The Bertz CT molecular complexity index is 150. The molecule has 0 fully saturated rings. The van der Waals surface area contributed by atoms with Crippen molar-refractivity contribution in [3.63, 3.8) is 0 Å². The van der Waals surface area contributed by atoms with E-state index in [0.29, 0.717) is 6.61 Å². The molecular formula is C27H74O8Zn4-2. The fraction of sp³-hybridized carbons (Fsp3) is 0.778. The minimum Gasteiger partial charge on any atom is -0.346 e. The summed E-state index contributed by atoms with van der Waals surface area (Å²) in [5, 5.41) is 23.2. The van der Waals surface area contributed by atoms with E-state index in [-0.39, 0.29) is 100 Å². The molecule has 12 heteroatoms. The summed E-state index contributed by atoms with van der Waals surface area (Å²) >= 11 is 0. The van der Waals surface area contributed by atoms with Crippen molar-refractivity contribution in [1.29, 1.82) is 0 Å². The molecule has 0 atom stereocenters. The van der Waals surface area contributed by atoms with Crippen LogP contribution in [0.5, 0.6) is 0 Å². The van der Waals surface area contributed by atoms with Crippen LogP contribution in [0.4, 0.5) is 0 Å². The molecular weight excluding hydrogens is 714 g/mol. The van der Waals surface area contributed by atoms with Gasteiger partial charge in [-0.1, -0.05) is 36.1 Å². The van der Waals surface area contributed by atoms with Crippen molar-refractivity contribution in [2.24, 2.45) is 0 Å². The van der Waals surface area contributed by atoms with Gasteiger partial charge in [0, 0.05) is 48.9 Å². The third kappa shape index (κ3) is 729. The zero-order valence-electron chi connectivity index (χ0n) is 27.2. The molecule has 0 aromatic rings. The van der Waals surface area contributed by atoms with Crippen LogP contribution in [0.3, 0.4) is 0 Å². The monoisotopic (exact) mass is 782 g/mol. The summed E-state index contributed by atoms with van der Waals surface area (Å²) in [5.41, 5.74) is -0.806. The van der Waals surface area contributed by atoms with Gasteiger partial charge in [-0.25, -0.2) is 14.7 Å². The van der Waals surface area contributed by atoms with Crippen LogP contribution >= 0.6 is 0 Å². The summed E-state index contributed by atoms with van der Waals surface area (Å²) in [6.45, 7) is 46.7. The van der Waals surface area contributed by atoms with Crippen molar-refractivity contribution in [2.45, 2.75) is 137 Å². The average Bonchev–Trinajstić information content (AvgIpc) is 2.88. The first-order valence-electron chi connectivity index (χ1n) is 10.4. The molecule has 0 aromatic heterocycles. The Balaban J connectivity index is -0.00000000794. The van der Waals surface area contributed by atoms with E-state index in [9.17, 15) is 0 Å². The molecule has 8 nitrogen and oxygen atoms in total. The van der Waals surface area contributed by atoms with Crippen LogP contribution < -0.4 is 0 Å². The van der Waals surface area contributed by atoms with Crippen LogP contribution in [0.15, 0.2) is 0 Å². The van der Waals surface area contributed by atoms with E-state index < -0.39 is 11.2 Å². The Kier molecular flexibility index (Phi) is 601.